The molecule has 0 aliphatic rings. The fourth-order valence-electron chi connectivity index (χ4n) is 1.89. The van der Waals surface area contributed by atoms with Crippen molar-refractivity contribution in [3.05, 3.63) is 63.6 Å². The van der Waals surface area contributed by atoms with E-state index in [1.54, 1.807) is 0 Å². The second-order valence-electron chi connectivity index (χ2n) is 4.38. The minimum atomic E-state index is -4.81. The predicted octanol–water partition coefficient (Wildman–Crippen LogP) is 5.10. The quantitative estimate of drug-likeness (QED) is 0.704. The molecule has 2 rings (SSSR count). The highest BCUT2D eigenvalue weighted by Crippen LogP contribution is 2.29. The molecule has 1 atom stereocenters. The Hall–Kier alpha value is -1.38. The van der Waals surface area contributed by atoms with E-state index in [9.17, 15) is 22.0 Å². The molecule has 9 heteroatoms. The third-order valence-corrected chi connectivity index (χ3v) is 3.29. The van der Waals surface area contributed by atoms with Crippen molar-refractivity contribution < 1.29 is 26.7 Å². The van der Waals surface area contributed by atoms with Crippen LogP contribution in [0.25, 0.3) is 0 Å². The monoisotopic (exact) mass is 417 g/mol. The van der Waals surface area contributed by atoms with Crippen molar-refractivity contribution in [3.63, 3.8) is 0 Å². The van der Waals surface area contributed by atoms with E-state index in [2.05, 4.69) is 20.7 Å². The van der Waals surface area contributed by atoms with E-state index in [4.69, 9.17) is 5.73 Å². The van der Waals surface area contributed by atoms with Gasteiger partial charge in [0.25, 0.3) is 0 Å². The van der Waals surface area contributed by atoms with Crippen molar-refractivity contribution in [2.24, 2.45) is 5.73 Å². The molecule has 0 unspecified atom stereocenters. The largest absolute Gasteiger partial charge is 0.573 e. The Labute approximate surface area is 143 Å². The van der Waals surface area contributed by atoms with Crippen molar-refractivity contribution >= 4 is 28.3 Å². The van der Waals surface area contributed by atoms with Gasteiger partial charge in [-0.1, -0.05) is 28.1 Å². The van der Waals surface area contributed by atoms with E-state index < -0.39 is 29.8 Å². The Morgan fingerprint density at radius 1 is 1.00 bits per heavy atom. The zero-order valence-corrected chi connectivity index (χ0v) is 13.6. The second-order valence-corrected chi connectivity index (χ2v) is 5.29. The van der Waals surface area contributed by atoms with Gasteiger partial charge in [-0.15, -0.1) is 25.6 Å². The lowest BCUT2D eigenvalue weighted by molar-refractivity contribution is -0.274. The Bertz CT molecular complexity index is 655. The van der Waals surface area contributed by atoms with Crippen LogP contribution in [0.2, 0.25) is 0 Å². The summed E-state index contributed by atoms with van der Waals surface area (Å²) in [5.41, 5.74) is 5.66. The topological polar surface area (TPSA) is 35.2 Å². The summed E-state index contributed by atoms with van der Waals surface area (Å²) in [6.07, 6.45) is -4.81. The summed E-state index contributed by atoms with van der Waals surface area (Å²) in [6, 6.07) is 5.43. The molecule has 126 valence electrons. The highest BCUT2D eigenvalue weighted by Gasteiger charge is 2.31. The van der Waals surface area contributed by atoms with Crippen LogP contribution in [0.5, 0.6) is 5.75 Å². The number of benzene rings is 2. The molecule has 23 heavy (non-hydrogen) atoms. The van der Waals surface area contributed by atoms with E-state index >= 15 is 0 Å². The van der Waals surface area contributed by atoms with Gasteiger partial charge in [-0.25, -0.2) is 8.78 Å². The van der Waals surface area contributed by atoms with Gasteiger partial charge >= 0.3 is 6.36 Å². The molecular weight excluding hydrogens is 409 g/mol. The molecule has 0 saturated carbocycles. The number of halogens is 7. The van der Waals surface area contributed by atoms with Crippen molar-refractivity contribution in [2.75, 3.05) is 0 Å². The van der Waals surface area contributed by atoms with Crippen LogP contribution in [0.4, 0.5) is 22.0 Å². The fourth-order valence-corrected chi connectivity index (χ4v) is 2.30. The normalized spacial score (nSPS) is 12.5. The Kier molecular flexibility index (Phi) is 6.38. The van der Waals surface area contributed by atoms with Crippen LogP contribution in [0.15, 0.2) is 40.9 Å². The van der Waals surface area contributed by atoms with E-state index in [0.717, 1.165) is 24.3 Å². The van der Waals surface area contributed by atoms with E-state index in [1.807, 2.05) is 0 Å². The number of hydrogen-bond donors (Lipinski definition) is 1. The van der Waals surface area contributed by atoms with Gasteiger partial charge in [-0.3, -0.25) is 0 Å². The lowest BCUT2D eigenvalue weighted by atomic mass is 9.98. The average molecular weight is 419 g/mol. The molecule has 0 aromatic heterocycles. The Balaban J connectivity index is 0.00000264. The average Bonchev–Trinajstić information content (AvgIpc) is 2.36. The van der Waals surface area contributed by atoms with Crippen LogP contribution in [0.1, 0.15) is 17.2 Å². The molecule has 0 aliphatic heterocycles. The third-order valence-electron chi connectivity index (χ3n) is 2.83. The molecule has 2 aromatic rings. The number of rotatable bonds is 3. The predicted molar refractivity (Wildman–Crippen MR) is 80.5 cm³/mol. The maximum absolute atomic E-state index is 13.8. The first-order chi connectivity index (χ1) is 10.2. The second kappa shape index (κ2) is 7.46. The first-order valence-electron chi connectivity index (χ1n) is 5.93. The van der Waals surface area contributed by atoms with Crippen LogP contribution < -0.4 is 10.5 Å². The minimum absolute atomic E-state index is 0. The van der Waals surface area contributed by atoms with Crippen LogP contribution in [0, 0.1) is 11.6 Å². The lowest BCUT2D eigenvalue weighted by Crippen LogP contribution is -2.18. The summed E-state index contributed by atoms with van der Waals surface area (Å²) in [4.78, 5) is 0. The zero-order chi connectivity index (χ0) is 16.5. The van der Waals surface area contributed by atoms with Crippen molar-refractivity contribution in [2.45, 2.75) is 12.4 Å². The molecule has 2 nitrogen and oxygen atoms in total. The van der Waals surface area contributed by atoms with Crippen LogP contribution >= 0.6 is 28.3 Å². The summed E-state index contributed by atoms with van der Waals surface area (Å²) in [7, 11) is 0. The number of ether oxygens (including phenoxy) is 1. The lowest BCUT2D eigenvalue weighted by Gasteiger charge is -2.16. The molecule has 0 aliphatic carbocycles. The first-order valence-corrected chi connectivity index (χ1v) is 6.72. The third kappa shape index (κ3) is 5.05. The molecule has 0 spiro atoms. The van der Waals surface area contributed by atoms with Gasteiger partial charge in [0, 0.05) is 10.0 Å². The van der Waals surface area contributed by atoms with E-state index in [-0.39, 0.29) is 28.0 Å². The van der Waals surface area contributed by atoms with Crippen molar-refractivity contribution in [3.8, 4) is 5.75 Å². The Morgan fingerprint density at radius 2 is 1.48 bits per heavy atom. The van der Waals surface area contributed by atoms with Crippen LogP contribution in [-0.4, -0.2) is 6.36 Å². The minimum Gasteiger partial charge on any atom is -0.406 e. The van der Waals surface area contributed by atoms with E-state index in [0.29, 0.717) is 0 Å². The summed E-state index contributed by atoms with van der Waals surface area (Å²) in [6.45, 7) is 0. The maximum atomic E-state index is 13.8. The van der Waals surface area contributed by atoms with Gasteiger partial charge in [-0.05, 0) is 29.8 Å². The van der Waals surface area contributed by atoms with Gasteiger partial charge in [-0.2, -0.15) is 0 Å². The molecule has 0 amide bonds. The SMILES string of the molecule is Cl.N[C@@H](c1ccc(OC(F)(F)F)cc1)c1c(F)cc(Br)cc1F. The summed E-state index contributed by atoms with van der Waals surface area (Å²) < 4.78 is 67.8. The zero-order valence-electron chi connectivity index (χ0n) is 11.2. The fraction of sp³-hybridized carbons (Fsp3) is 0.143. The highest BCUT2D eigenvalue weighted by molar-refractivity contribution is 9.10. The standard InChI is InChI=1S/C14H9BrF5NO.ClH/c15-8-5-10(16)12(11(17)6-8)13(21)7-1-3-9(4-2-7)22-14(18,19)20;/h1-6,13H,21H2;1H/t13-;/m0./s1. The molecule has 0 heterocycles. The Morgan fingerprint density at radius 3 is 1.91 bits per heavy atom. The van der Waals surface area contributed by atoms with Gasteiger partial charge in [0.2, 0.25) is 0 Å². The maximum Gasteiger partial charge on any atom is 0.573 e. The van der Waals surface area contributed by atoms with Gasteiger partial charge in [0.1, 0.15) is 17.4 Å². The smallest absolute Gasteiger partial charge is 0.406 e. The van der Waals surface area contributed by atoms with Crippen molar-refractivity contribution in [1.29, 1.82) is 0 Å². The molecule has 0 saturated heterocycles. The molecule has 0 radical (unpaired) electrons. The van der Waals surface area contributed by atoms with Crippen LogP contribution in [-0.2, 0) is 0 Å². The molecule has 0 fully saturated rings. The van der Waals surface area contributed by atoms with Gasteiger partial charge < -0.3 is 10.5 Å². The van der Waals surface area contributed by atoms with Gasteiger partial charge in [0.05, 0.1) is 6.04 Å². The molecule has 2 aromatic carbocycles. The first kappa shape index (κ1) is 19.7. The van der Waals surface area contributed by atoms with Crippen molar-refractivity contribution in [1.82, 2.24) is 0 Å². The summed E-state index contributed by atoms with van der Waals surface area (Å²) >= 11 is 2.95. The van der Waals surface area contributed by atoms with E-state index in [1.165, 1.54) is 12.1 Å². The summed E-state index contributed by atoms with van der Waals surface area (Å²) in [5, 5.41) is 0. The van der Waals surface area contributed by atoms with Gasteiger partial charge in [0.15, 0.2) is 0 Å². The summed E-state index contributed by atoms with van der Waals surface area (Å²) in [5.74, 6) is -2.15. The number of nitrogens with two attached hydrogens (primary N) is 1. The number of alkyl halides is 3. The highest BCUT2D eigenvalue weighted by atomic mass is 79.9. The van der Waals surface area contributed by atoms with Crippen LogP contribution in [0.3, 0.4) is 0 Å². The molecule has 0 bridgehead atoms. The molecule has 2 N–H and O–H groups in total. The molecular formula is C14H10BrClF5NO. The number of hydrogen-bond acceptors (Lipinski definition) is 2.